The highest BCUT2D eigenvalue weighted by Gasteiger charge is 2.38. The number of amides is 1. The fourth-order valence-corrected chi connectivity index (χ4v) is 5.84. The summed E-state index contributed by atoms with van der Waals surface area (Å²) in [5.41, 5.74) is -0.481. The minimum absolute atomic E-state index is 0.163. The van der Waals surface area contributed by atoms with Crippen LogP contribution in [0.3, 0.4) is 0 Å². The Balaban J connectivity index is 1.29. The quantitative estimate of drug-likeness (QED) is 0.553. The van der Waals surface area contributed by atoms with E-state index in [9.17, 15) is 18.3 Å². The Kier molecular flexibility index (Phi) is 6.80. The SMILES string of the molecule is C=C1CN(c2c(O)cc3c(c2F)C[C@H](CNCC2CCN(C(=O)OC(C)(C)C)CC2)O3)S(=O)(=O)N1. The van der Waals surface area contributed by atoms with E-state index in [-0.39, 0.29) is 42.2 Å². The first-order valence-electron chi connectivity index (χ1n) is 11.7. The molecule has 12 heteroatoms. The van der Waals surface area contributed by atoms with Crippen LogP contribution in [-0.2, 0) is 21.4 Å². The van der Waals surface area contributed by atoms with E-state index < -0.39 is 33.1 Å². The number of phenolic OH excluding ortho intramolecular Hbond substituents is 1. The third-order valence-electron chi connectivity index (χ3n) is 6.22. The largest absolute Gasteiger partial charge is 0.505 e. The maximum atomic E-state index is 15.3. The number of anilines is 1. The molecule has 0 saturated carbocycles. The molecule has 3 aliphatic heterocycles. The summed E-state index contributed by atoms with van der Waals surface area (Å²) < 4.78 is 54.0. The van der Waals surface area contributed by atoms with Gasteiger partial charge >= 0.3 is 16.3 Å². The molecule has 3 aliphatic rings. The van der Waals surface area contributed by atoms with Crippen molar-refractivity contribution < 1.29 is 32.2 Å². The van der Waals surface area contributed by atoms with E-state index in [1.54, 1.807) is 4.90 Å². The third kappa shape index (κ3) is 5.58. The van der Waals surface area contributed by atoms with Gasteiger partial charge in [0.05, 0.1) is 6.54 Å². The molecule has 10 nitrogen and oxygen atoms in total. The zero-order chi connectivity index (χ0) is 25.5. The Morgan fingerprint density at radius 1 is 1.34 bits per heavy atom. The molecule has 0 aliphatic carbocycles. The van der Waals surface area contributed by atoms with Crippen molar-refractivity contribution in [3.05, 3.63) is 29.7 Å². The number of hydrogen-bond acceptors (Lipinski definition) is 7. The summed E-state index contributed by atoms with van der Waals surface area (Å²) in [6.07, 6.45) is 1.33. The number of phenols is 1. The Morgan fingerprint density at radius 3 is 2.63 bits per heavy atom. The average Bonchev–Trinajstić information content (AvgIpc) is 3.26. The van der Waals surface area contributed by atoms with Crippen LogP contribution in [0.4, 0.5) is 14.9 Å². The van der Waals surface area contributed by atoms with Gasteiger partial charge in [-0.2, -0.15) is 8.42 Å². The molecule has 35 heavy (non-hydrogen) atoms. The maximum absolute atomic E-state index is 15.3. The highest BCUT2D eigenvalue weighted by molar-refractivity contribution is 7.91. The lowest BCUT2D eigenvalue weighted by Gasteiger charge is -2.33. The van der Waals surface area contributed by atoms with Gasteiger partial charge in [0, 0.05) is 43.4 Å². The van der Waals surface area contributed by atoms with Crippen molar-refractivity contribution in [1.29, 1.82) is 0 Å². The van der Waals surface area contributed by atoms with Crippen LogP contribution in [0.2, 0.25) is 0 Å². The average molecular weight is 513 g/mol. The molecule has 1 amide bonds. The van der Waals surface area contributed by atoms with Gasteiger partial charge in [-0.3, -0.25) is 4.72 Å². The van der Waals surface area contributed by atoms with Gasteiger partial charge in [0.25, 0.3) is 0 Å². The van der Waals surface area contributed by atoms with Crippen molar-refractivity contribution in [2.45, 2.75) is 51.7 Å². The van der Waals surface area contributed by atoms with Gasteiger partial charge in [-0.05, 0) is 46.1 Å². The van der Waals surface area contributed by atoms with Gasteiger partial charge in [0.2, 0.25) is 0 Å². The second kappa shape index (κ2) is 9.38. The smallest absolute Gasteiger partial charge is 0.410 e. The van der Waals surface area contributed by atoms with E-state index in [1.165, 1.54) is 6.07 Å². The van der Waals surface area contributed by atoms with E-state index in [4.69, 9.17) is 9.47 Å². The molecular formula is C23H33FN4O6S. The molecule has 0 bridgehead atoms. The summed E-state index contributed by atoms with van der Waals surface area (Å²) in [6.45, 7) is 11.4. The molecule has 1 aromatic carbocycles. The lowest BCUT2D eigenvalue weighted by atomic mass is 9.97. The normalized spacial score (nSPS) is 22.1. The van der Waals surface area contributed by atoms with Crippen LogP contribution in [0, 0.1) is 11.7 Å². The Bertz CT molecular complexity index is 1110. The van der Waals surface area contributed by atoms with Crippen LogP contribution in [-0.4, -0.2) is 68.9 Å². The number of carbonyl (C=O) groups excluding carboxylic acids is 1. The Hall–Kier alpha value is -2.73. The topological polar surface area (TPSA) is 120 Å². The number of halogens is 1. The first kappa shape index (κ1) is 25.4. The molecule has 0 aromatic heterocycles. The number of piperidine rings is 1. The number of hydrogen-bond donors (Lipinski definition) is 3. The van der Waals surface area contributed by atoms with Crippen molar-refractivity contribution >= 4 is 22.0 Å². The predicted octanol–water partition coefficient (Wildman–Crippen LogP) is 2.24. The summed E-state index contributed by atoms with van der Waals surface area (Å²) in [7, 11) is -4.01. The van der Waals surface area contributed by atoms with E-state index >= 15 is 4.39 Å². The maximum Gasteiger partial charge on any atom is 0.410 e. The lowest BCUT2D eigenvalue weighted by molar-refractivity contribution is 0.0183. The van der Waals surface area contributed by atoms with Crippen molar-refractivity contribution in [3.63, 3.8) is 0 Å². The number of likely N-dealkylation sites (tertiary alicyclic amines) is 1. The minimum atomic E-state index is -4.01. The monoisotopic (exact) mass is 512 g/mol. The number of nitrogens with zero attached hydrogens (tertiary/aromatic N) is 2. The molecule has 0 radical (unpaired) electrons. The summed E-state index contributed by atoms with van der Waals surface area (Å²) in [5, 5.41) is 13.7. The van der Waals surface area contributed by atoms with Gasteiger partial charge in [0.15, 0.2) is 5.82 Å². The van der Waals surface area contributed by atoms with Crippen molar-refractivity contribution in [3.8, 4) is 11.5 Å². The van der Waals surface area contributed by atoms with Crippen molar-refractivity contribution in [2.75, 3.05) is 37.0 Å². The van der Waals surface area contributed by atoms with E-state index in [1.807, 2.05) is 20.8 Å². The molecule has 2 saturated heterocycles. The summed E-state index contributed by atoms with van der Waals surface area (Å²) in [6, 6.07) is 1.26. The Labute approximate surface area is 205 Å². The molecule has 1 aromatic rings. The minimum Gasteiger partial charge on any atom is -0.505 e. The van der Waals surface area contributed by atoms with E-state index in [0.29, 0.717) is 25.6 Å². The fraction of sp³-hybridized carbons (Fsp3) is 0.609. The van der Waals surface area contributed by atoms with E-state index in [0.717, 1.165) is 23.7 Å². The van der Waals surface area contributed by atoms with E-state index in [2.05, 4.69) is 16.6 Å². The predicted molar refractivity (Wildman–Crippen MR) is 128 cm³/mol. The van der Waals surface area contributed by atoms with Crippen LogP contribution in [0.5, 0.6) is 11.5 Å². The molecular weight excluding hydrogens is 479 g/mol. The van der Waals surface area contributed by atoms with Gasteiger partial charge in [-0.15, -0.1) is 0 Å². The van der Waals surface area contributed by atoms with Gasteiger partial charge in [-0.1, -0.05) is 6.58 Å². The molecule has 3 N–H and O–H groups in total. The third-order valence-corrected chi connectivity index (χ3v) is 7.66. The lowest BCUT2D eigenvalue weighted by Crippen LogP contribution is -2.43. The van der Waals surface area contributed by atoms with Gasteiger partial charge in [-0.25, -0.2) is 13.5 Å². The molecule has 4 rings (SSSR count). The summed E-state index contributed by atoms with van der Waals surface area (Å²) in [5.74, 6) is -0.709. The standard InChI is InChI=1S/C23H33FN4O6S/c1-14-13-28(35(31,32)26-14)21-18(29)10-19-17(20(21)24)9-16(33-19)12-25-11-15-5-7-27(8-6-15)22(30)34-23(2,3)4/h10,15-16,25-26,29H,1,5-9,11-13H2,2-4H3/t16-/m1/s1. The molecule has 194 valence electrons. The molecule has 0 spiro atoms. The molecule has 0 unspecified atom stereocenters. The number of aromatic hydroxyl groups is 1. The molecule has 3 heterocycles. The van der Waals surface area contributed by atoms with Crippen LogP contribution in [0.1, 0.15) is 39.2 Å². The number of fused-ring (bicyclic) bond motifs is 1. The molecule has 1 atom stereocenters. The van der Waals surface area contributed by atoms with Gasteiger partial charge < -0.3 is 24.8 Å². The number of rotatable bonds is 5. The second-order valence-electron chi connectivity index (χ2n) is 10.3. The highest BCUT2D eigenvalue weighted by Crippen LogP contribution is 2.43. The first-order chi connectivity index (χ1) is 16.3. The number of nitrogens with one attached hydrogen (secondary N) is 2. The second-order valence-corrected chi connectivity index (χ2v) is 11.9. The van der Waals surface area contributed by atoms with Crippen LogP contribution >= 0.6 is 0 Å². The zero-order valence-corrected chi connectivity index (χ0v) is 21.1. The number of carbonyl (C=O) groups is 1. The number of benzene rings is 1. The highest BCUT2D eigenvalue weighted by atomic mass is 32.2. The fourth-order valence-electron chi connectivity index (χ4n) is 4.56. The van der Waals surface area contributed by atoms with Crippen molar-refractivity contribution in [2.24, 2.45) is 5.92 Å². The van der Waals surface area contributed by atoms with Crippen molar-refractivity contribution in [1.82, 2.24) is 14.9 Å². The summed E-state index contributed by atoms with van der Waals surface area (Å²) >= 11 is 0. The summed E-state index contributed by atoms with van der Waals surface area (Å²) in [4.78, 5) is 13.9. The Morgan fingerprint density at radius 2 is 2.03 bits per heavy atom. The van der Waals surface area contributed by atoms with Crippen LogP contribution < -0.4 is 19.1 Å². The van der Waals surface area contributed by atoms with Crippen LogP contribution in [0.15, 0.2) is 18.3 Å². The molecule has 2 fully saturated rings. The number of ether oxygens (including phenoxy) is 2. The van der Waals surface area contributed by atoms with Gasteiger partial charge in [0.1, 0.15) is 28.9 Å². The van der Waals surface area contributed by atoms with Crippen LogP contribution in [0.25, 0.3) is 0 Å². The zero-order valence-electron chi connectivity index (χ0n) is 20.3. The first-order valence-corrected chi connectivity index (χ1v) is 13.2.